The van der Waals surface area contributed by atoms with Gasteiger partial charge in [-0.2, -0.15) is 13.9 Å². The molecular formula is C24H18F2N4O3. The summed E-state index contributed by atoms with van der Waals surface area (Å²) in [7, 11) is 1.34. The number of para-hydroxylation sites is 1. The van der Waals surface area contributed by atoms with Gasteiger partial charge >= 0.3 is 6.61 Å². The summed E-state index contributed by atoms with van der Waals surface area (Å²) in [6.07, 6.45) is 4.71. The summed E-state index contributed by atoms with van der Waals surface area (Å²) in [5.74, 6) is -0.411. The fourth-order valence-electron chi connectivity index (χ4n) is 3.21. The molecule has 33 heavy (non-hydrogen) atoms. The Bertz CT molecular complexity index is 1310. The molecule has 0 aliphatic heterocycles. The van der Waals surface area contributed by atoms with Crippen LogP contribution in [0.2, 0.25) is 0 Å². The zero-order valence-corrected chi connectivity index (χ0v) is 17.4. The Morgan fingerprint density at radius 3 is 2.70 bits per heavy atom. The largest absolute Gasteiger partial charge is 0.493 e. The first-order valence-electron chi connectivity index (χ1n) is 9.81. The van der Waals surface area contributed by atoms with Crippen LogP contribution in [0.4, 0.5) is 8.78 Å². The van der Waals surface area contributed by atoms with Crippen molar-refractivity contribution in [2.24, 2.45) is 5.10 Å². The van der Waals surface area contributed by atoms with E-state index in [1.807, 2.05) is 24.3 Å². The monoisotopic (exact) mass is 448 g/mol. The Kier molecular flexibility index (Phi) is 6.49. The highest BCUT2D eigenvalue weighted by Gasteiger charge is 2.14. The minimum absolute atomic E-state index is 0.0973. The molecule has 0 aliphatic rings. The van der Waals surface area contributed by atoms with Gasteiger partial charge in [0.25, 0.3) is 5.91 Å². The van der Waals surface area contributed by atoms with Crippen molar-refractivity contribution in [1.29, 1.82) is 0 Å². The van der Waals surface area contributed by atoms with Gasteiger partial charge in [0.2, 0.25) is 0 Å². The van der Waals surface area contributed by atoms with E-state index in [9.17, 15) is 13.6 Å². The van der Waals surface area contributed by atoms with Gasteiger partial charge < -0.3 is 9.47 Å². The van der Waals surface area contributed by atoms with E-state index in [1.165, 1.54) is 31.5 Å². The predicted octanol–water partition coefficient (Wildman–Crippen LogP) is 4.67. The Balaban J connectivity index is 1.59. The molecule has 0 fully saturated rings. The molecule has 0 saturated carbocycles. The average Bonchev–Trinajstić information content (AvgIpc) is 2.84. The second-order valence-electron chi connectivity index (χ2n) is 6.80. The van der Waals surface area contributed by atoms with Crippen molar-refractivity contribution in [2.45, 2.75) is 6.61 Å². The lowest BCUT2D eigenvalue weighted by molar-refractivity contribution is -0.0512. The number of benzene rings is 2. The number of rotatable bonds is 7. The maximum absolute atomic E-state index is 12.9. The highest BCUT2D eigenvalue weighted by atomic mass is 19.3. The van der Waals surface area contributed by atoms with E-state index in [-0.39, 0.29) is 11.5 Å². The van der Waals surface area contributed by atoms with Gasteiger partial charge in [-0.15, -0.1) is 0 Å². The number of ether oxygens (including phenoxy) is 2. The number of pyridine rings is 2. The number of alkyl halides is 2. The van der Waals surface area contributed by atoms with Crippen LogP contribution in [-0.4, -0.2) is 35.8 Å². The molecule has 2 aromatic carbocycles. The van der Waals surface area contributed by atoms with Crippen molar-refractivity contribution in [1.82, 2.24) is 15.4 Å². The SMILES string of the molecule is COc1cc(/C=N\NC(=O)c2cc(-c3cccnc3)nc3ccccc23)ccc1OC(F)F. The number of nitrogens with one attached hydrogen (secondary N) is 1. The van der Waals surface area contributed by atoms with Gasteiger partial charge in [-0.1, -0.05) is 18.2 Å². The first kappa shape index (κ1) is 21.8. The lowest BCUT2D eigenvalue weighted by Crippen LogP contribution is -2.18. The summed E-state index contributed by atoms with van der Waals surface area (Å²) < 4.78 is 34.4. The third kappa shape index (κ3) is 5.09. The molecule has 2 aromatic heterocycles. The molecule has 2 heterocycles. The number of fused-ring (bicyclic) bond motifs is 1. The minimum Gasteiger partial charge on any atom is -0.493 e. The number of carbonyl (C=O) groups excluding carboxylic acids is 1. The molecule has 9 heteroatoms. The Morgan fingerprint density at radius 1 is 1.09 bits per heavy atom. The third-order valence-corrected chi connectivity index (χ3v) is 4.70. The summed E-state index contributed by atoms with van der Waals surface area (Å²) in [4.78, 5) is 21.7. The van der Waals surface area contributed by atoms with Gasteiger partial charge in [0.1, 0.15) is 0 Å². The van der Waals surface area contributed by atoms with Crippen molar-refractivity contribution >= 4 is 23.0 Å². The van der Waals surface area contributed by atoms with Gasteiger partial charge in [-0.25, -0.2) is 10.4 Å². The van der Waals surface area contributed by atoms with E-state index in [0.29, 0.717) is 27.7 Å². The maximum Gasteiger partial charge on any atom is 0.387 e. The first-order chi connectivity index (χ1) is 16.0. The smallest absolute Gasteiger partial charge is 0.387 e. The topological polar surface area (TPSA) is 85.7 Å². The molecule has 166 valence electrons. The second-order valence-corrected chi connectivity index (χ2v) is 6.80. The standard InChI is InChI=1S/C24H18F2N4O3/c1-32-22-11-15(8-9-21(22)33-24(25)26)13-28-30-23(31)18-12-20(16-5-4-10-27-14-16)29-19-7-3-2-6-17(18)19/h2-14,24H,1H3,(H,30,31)/b28-13-. The lowest BCUT2D eigenvalue weighted by Gasteiger charge is -2.10. The number of aromatic nitrogens is 2. The number of methoxy groups -OCH3 is 1. The van der Waals surface area contributed by atoms with Gasteiger partial charge in [0.15, 0.2) is 11.5 Å². The zero-order valence-electron chi connectivity index (χ0n) is 17.4. The number of amides is 1. The third-order valence-electron chi connectivity index (χ3n) is 4.70. The highest BCUT2D eigenvalue weighted by molar-refractivity contribution is 6.07. The normalized spacial score (nSPS) is 11.2. The zero-order chi connectivity index (χ0) is 23.2. The summed E-state index contributed by atoms with van der Waals surface area (Å²) in [5.41, 5.74) is 5.46. The molecule has 0 spiro atoms. The van der Waals surface area contributed by atoms with E-state index in [4.69, 9.17) is 4.74 Å². The predicted molar refractivity (Wildman–Crippen MR) is 120 cm³/mol. The fraction of sp³-hybridized carbons (Fsp3) is 0.0833. The number of hydrazone groups is 1. The molecule has 1 N–H and O–H groups in total. The van der Waals surface area contributed by atoms with Gasteiger partial charge in [0, 0.05) is 23.3 Å². The van der Waals surface area contributed by atoms with Crippen LogP contribution < -0.4 is 14.9 Å². The van der Waals surface area contributed by atoms with Gasteiger partial charge in [-0.3, -0.25) is 9.78 Å². The van der Waals surface area contributed by atoms with Gasteiger partial charge in [-0.05, 0) is 48.0 Å². The molecule has 4 aromatic rings. The van der Waals surface area contributed by atoms with Crippen LogP contribution >= 0.6 is 0 Å². The molecular weight excluding hydrogens is 430 g/mol. The Hall–Kier alpha value is -4.40. The van der Waals surface area contributed by atoms with E-state index in [1.54, 1.807) is 30.6 Å². The van der Waals surface area contributed by atoms with Crippen molar-refractivity contribution < 1.29 is 23.0 Å². The molecule has 0 aliphatic carbocycles. The number of hydrogen-bond acceptors (Lipinski definition) is 6. The van der Waals surface area contributed by atoms with Crippen molar-refractivity contribution in [3.05, 3.63) is 84.2 Å². The van der Waals surface area contributed by atoms with Crippen molar-refractivity contribution in [3.63, 3.8) is 0 Å². The van der Waals surface area contributed by atoms with Crippen LogP contribution in [-0.2, 0) is 0 Å². The van der Waals surface area contributed by atoms with E-state index in [2.05, 4.69) is 25.2 Å². The number of halogens is 2. The number of nitrogens with zero attached hydrogens (tertiary/aromatic N) is 3. The lowest BCUT2D eigenvalue weighted by atomic mass is 10.0. The summed E-state index contributed by atoms with van der Waals surface area (Å²) in [6, 6.07) is 17.0. The highest BCUT2D eigenvalue weighted by Crippen LogP contribution is 2.29. The molecule has 0 atom stereocenters. The molecule has 7 nitrogen and oxygen atoms in total. The molecule has 0 unspecified atom stereocenters. The molecule has 4 rings (SSSR count). The number of hydrogen-bond donors (Lipinski definition) is 1. The molecule has 0 bridgehead atoms. The minimum atomic E-state index is -2.97. The van der Waals surface area contributed by atoms with E-state index in [0.717, 1.165) is 5.56 Å². The van der Waals surface area contributed by atoms with E-state index >= 15 is 0 Å². The maximum atomic E-state index is 12.9. The van der Waals surface area contributed by atoms with Crippen LogP contribution in [0.15, 0.2) is 78.2 Å². The van der Waals surface area contributed by atoms with E-state index < -0.39 is 12.5 Å². The number of carbonyl (C=O) groups is 1. The molecule has 1 amide bonds. The summed E-state index contributed by atoms with van der Waals surface area (Å²) in [5, 5.41) is 4.67. The summed E-state index contributed by atoms with van der Waals surface area (Å²) >= 11 is 0. The van der Waals surface area contributed by atoms with Crippen LogP contribution in [0.25, 0.3) is 22.2 Å². The second kappa shape index (κ2) is 9.82. The molecule has 0 saturated heterocycles. The first-order valence-corrected chi connectivity index (χ1v) is 9.81. The van der Waals surface area contributed by atoms with Gasteiger partial charge in [0.05, 0.1) is 30.1 Å². The Morgan fingerprint density at radius 2 is 1.94 bits per heavy atom. The fourth-order valence-corrected chi connectivity index (χ4v) is 3.21. The van der Waals surface area contributed by atoms with Crippen LogP contribution in [0.5, 0.6) is 11.5 Å². The quantitative estimate of drug-likeness (QED) is 0.328. The van der Waals surface area contributed by atoms with Crippen molar-refractivity contribution in [2.75, 3.05) is 7.11 Å². The summed E-state index contributed by atoms with van der Waals surface area (Å²) in [6.45, 7) is -2.97. The van der Waals surface area contributed by atoms with Crippen LogP contribution in [0.3, 0.4) is 0 Å². The molecule has 0 radical (unpaired) electrons. The van der Waals surface area contributed by atoms with Crippen LogP contribution in [0, 0.1) is 0 Å². The Labute approximate surface area is 187 Å². The van der Waals surface area contributed by atoms with Crippen LogP contribution in [0.1, 0.15) is 15.9 Å². The van der Waals surface area contributed by atoms with Crippen molar-refractivity contribution in [3.8, 4) is 22.8 Å². The average molecular weight is 448 g/mol.